The molecule has 0 bridgehead atoms. The molecule has 11 heavy (non-hydrogen) atoms. The second-order valence-corrected chi connectivity index (χ2v) is 2.79. The average molecular weight is 144 g/mol. The molecule has 1 aliphatic carbocycles. The molecular formula is C10H10N. The second-order valence-electron chi connectivity index (χ2n) is 2.79. The Bertz CT molecular complexity index is 314. The van der Waals surface area contributed by atoms with Crippen LogP contribution in [-0.2, 0) is 0 Å². The highest BCUT2D eigenvalue weighted by atomic mass is 14.8. The zero-order valence-electron chi connectivity index (χ0n) is 6.81. The Hall–Kier alpha value is -1.11. The smallest absolute Gasteiger partial charge is 0.0715 e. The predicted molar refractivity (Wildman–Crippen MR) is 46.3 cm³/mol. The van der Waals surface area contributed by atoms with Crippen molar-refractivity contribution < 1.29 is 0 Å². The lowest BCUT2D eigenvalue weighted by Crippen LogP contribution is -1.88. The van der Waals surface area contributed by atoms with Gasteiger partial charge in [0.25, 0.3) is 0 Å². The van der Waals surface area contributed by atoms with Crippen molar-refractivity contribution in [3.63, 3.8) is 0 Å². The normalized spacial score (nSPS) is 20.5. The van der Waals surface area contributed by atoms with Crippen LogP contribution in [0.15, 0.2) is 34.0 Å². The van der Waals surface area contributed by atoms with Gasteiger partial charge in [0.15, 0.2) is 0 Å². The zero-order chi connectivity index (χ0) is 7.84. The van der Waals surface area contributed by atoms with E-state index in [0.717, 1.165) is 17.8 Å². The summed E-state index contributed by atoms with van der Waals surface area (Å²) in [6.45, 7) is 4.14. The first-order chi connectivity index (χ1) is 5.31. The van der Waals surface area contributed by atoms with Crippen LogP contribution in [0.3, 0.4) is 0 Å². The van der Waals surface area contributed by atoms with Gasteiger partial charge in [-0.05, 0) is 25.0 Å². The minimum atomic E-state index is 1.00. The van der Waals surface area contributed by atoms with Crippen molar-refractivity contribution in [2.45, 2.75) is 20.3 Å². The van der Waals surface area contributed by atoms with Gasteiger partial charge < -0.3 is 0 Å². The Morgan fingerprint density at radius 1 is 1.45 bits per heavy atom. The van der Waals surface area contributed by atoms with Crippen LogP contribution in [0.5, 0.6) is 0 Å². The summed E-state index contributed by atoms with van der Waals surface area (Å²) >= 11 is 0. The molecular weight excluding hydrogens is 134 g/mol. The van der Waals surface area contributed by atoms with Crippen molar-refractivity contribution in [2.24, 2.45) is 4.99 Å². The Balaban J connectivity index is 2.49. The third-order valence-corrected chi connectivity index (χ3v) is 1.99. The lowest BCUT2D eigenvalue weighted by atomic mass is 10.1. The van der Waals surface area contributed by atoms with E-state index in [-0.39, 0.29) is 0 Å². The van der Waals surface area contributed by atoms with Crippen LogP contribution in [0, 0.1) is 6.08 Å². The monoisotopic (exact) mass is 144 g/mol. The van der Waals surface area contributed by atoms with Gasteiger partial charge >= 0.3 is 0 Å². The van der Waals surface area contributed by atoms with Gasteiger partial charge in [-0.25, -0.2) is 0 Å². The van der Waals surface area contributed by atoms with Crippen LogP contribution in [0.4, 0.5) is 0 Å². The number of hydrogen-bond acceptors (Lipinski definition) is 1. The van der Waals surface area contributed by atoms with Gasteiger partial charge in [0.2, 0.25) is 0 Å². The maximum absolute atomic E-state index is 4.33. The van der Waals surface area contributed by atoms with Crippen molar-refractivity contribution >= 4 is 5.71 Å². The summed E-state index contributed by atoms with van der Waals surface area (Å²) in [7, 11) is 0. The third-order valence-electron chi connectivity index (χ3n) is 1.99. The predicted octanol–water partition coefficient (Wildman–Crippen LogP) is 2.42. The molecule has 1 heteroatoms. The van der Waals surface area contributed by atoms with Gasteiger partial charge in [0, 0.05) is 17.3 Å². The molecule has 55 valence electrons. The highest BCUT2D eigenvalue weighted by Crippen LogP contribution is 2.26. The summed E-state index contributed by atoms with van der Waals surface area (Å²) in [5, 5.41) is 0. The van der Waals surface area contributed by atoms with Crippen LogP contribution in [-0.4, -0.2) is 5.71 Å². The number of nitrogens with zero attached hydrogens (tertiary/aromatic N) is 1. The van der Waals surface area contributed by atoms with Crippen molar-refractivity contribution in [3.05, 3.63) is 35.1 Å². The van der Waals surface area contributed by atoms with Crippen LogP contribution >= 0.6 is 0 Å². The fourth-order valence-corrected chi connectivity index (χ4v) is 1.43. The first-order valence-electron chi connectivity index (χ1n) is 3.92. The Morgan fingerprint density at radius 2 is 2.27 bits per heavy atom. The summed E-state index contributed by atoms with van der Waals surface area (Å²) in [5.74, 6) is 0. The highest BCUT2D eigenvalue weighted by molar-refractivity contribution is 6.15. The topological polar surface area (TPSA) is 12.4 Å². The molecule has 0 fully saturated rings. The van der Waals surface area contributed by atoms with Crippen molar-refractivity contribution in [3.8, 4) is 0 Å². The number of fused-ring (bicyclic) bond motifs is 1. The van der Waals surface area contributed by atoms with E-state index in [1.165, 1.54) is 11.1 Å². The number of rotatable bonds is 1. The van der Waals surface area contributed by atoms with Crippen molar-refractivity contribution in [2.75, 3.05) is 0 Å². The maximum Gasteiger partial charge on any atom is 0.0715 e. The molecule has 0 aromatic carbocycles. The molecule has 1 nitrogen and oxygen atoms in total. The molecule has 0 spiro atoms. The van der Waals surface area contributed by atoms with E-state index >= 15 is 0 Å². The summed E-state index contributed by atoms with van der Waals surface area (Å²) in [4.78, 5) is 4.33. The van der Waals surface area contributed by atoms with Gasteiger partial charge in [-0.2, -0.15) is 0 Å². The summed E-state index contributed by atoms with van der Waals surface area (Å²) in [6, 6.07) is 0. The summed E-state index contributed by atoms with van der Waals surface area (Å²) in [6.07, 6.45) is 8.52. The summed E-state index contributed by atoms with van der Waals surface area (Å²) < 4.78 is 0. The molecule has 0 atom stereocenters. The van der Waals surface area contributed by atoms with E-state index in [2.05, 4.69) is 30.1 Å². The van der Waals surface area contributed by atoms with Crippen LogP contribution < -0.4 is 0 Å². The minimum absolute atomic E-state index is 1.00. The molecule has 1 heterocycles. The van der Waals surface area contributed by atoms with E-state index in [1.807, 2.05) is 6.92 Å². The van der Waals surface area contributed by atoms with E-state index in [0.29, 0.717) is 0 Å². The van der Waals surface area contributed by atoms with Crippen molar-refractivity contribution in [1.82, 2.24) is 0 Å². The molecule has 0 saturated carbocycles. The average Bonchev–Trinajstić information content (AvgIpc) is 2.45. The lowest BCUT2D eigenvalue weighted by Gasteiger charge is -1.93. The third kappa shape index (κ3) is 0.881. The second kappa shape index (κ2) is 2.19. The van der Waals surface area contributed by atoms with E-state index in [4.69, 9.17) is 0 Å². The highest BCUT2D eigenvalue weighted by Gasteiger charge is 2.17. The first kappa shape index (κ1) is 6.59. The van der Waals surface area contributed by atoms with Gasteiger partial charge in [0.05, 0.1) is 5.71 Å². The fraction of sp³-hybridized carbons (Fsp3) is 0.300. The molecule has 0 unspecified atom stereocenters. The quantitative estimate of drug-likeness (QED) is 0.536. The Kier molecular flexibility index (Phi) is 1.31. The number of hydrogen-bond donors (Lipinski definition) is 0. The first-order valence-corrected chi connectivity index (χ1v) is 3.92. The molecule has 0 aromatic rings. The lowest BCUT2D eigenvalue weighted by molar-refractivity contribution is 1.14. The molecule has 0 N–H and O–H groups in total. The molecule has 2 aliphatic rings. The van der Waals surface area contributed by atoms with Gasteiger partial charge in [-0.3, -0.25) is 4.99 Å². The maximum atomic E-state index is 4.33. The van der Waals surface area contributed by atoms with E-state index < -0.39 is 0 Å². The Labute approximate surface area is 66.8 Å². The van der Waals surface area contributed by atoms with E-state index in [1.54, 1.807) is 0 Å². The largest absolute Gasteiger partial charge is 0.252 e. The van der Waals surface area contributed by atoms with Crippen LogP contribution in [0.2, 0.25) is 0 Å². The number of allylic oxidation sites excluding steroid dienone is 6. The molecule has 0 aromatic heterocycles. The molecule has 0 amide bonds. The van der Waals surface area contributed by atoms with Crippen LogP contribution in [0.25, 0.3) is 0 Å². The minimum Gasteiger partial charge on any atom is -0.252 e. The van der Waals surface area contributed by atoms with Gasteiger partial charge in [0.1, 0.15) is 0 Å². The zero-order valence-corrected chi connectivity index (χ0v) is 6.81. The van der Waals surface area contributed by atoms with E-state index in [9.17, 15) is 0 Å². The molecule has 2 rings (SSSR count). The van der Waals surface area contributed by atoms with Crippen LogP contribution in [0.1, 0.15) is 20.3 Å². The molecule has 0 saturated heterocycles. The Morgan fingerprint density at radius 3 is 3.00 bits per heavy atom. The number of aliphatic imine (C=N–C) groups is 1. The fourth-order valence-electron chi connectivity index (χ4n) is 1.43. The SMILES string of the molecule is CCC1=C2[C]=C(C)N=C2C=C1. The van der Waals surface area contributed by atoms with Gasteiger partial charge in [-0.15, -0.1) is 0 Å². The standard InChI is InChI=1S/C10H10N/c1-3-8-4-5-10-9(8)6-7(2)11-10/h4-5H,3H2,1-2H3. The van der Waals surface area contributed by atoms with Gasteiger partial charge in [-0.1, -0.05) is 13.0 Å². The molecule has 1 aliphatic heterocycles. The summed E-state index contributed by atoms with van der Waals surface area (Å²) in [5.41, 5.74) is 4.68. The molecule has 1 radical (unpaired) electrons. The van der Waals surface area contributed by atoms with Crippen molar-refractivity contribution in [1.29, 1.82) is 0 Å².